The molecule has 3 aliphatic carbocycles. The predicted octanol–water partition coefficient (Wildman–Crippen LogP) is 7.79. The number of alkyl carbamates (subject to hydrolysis) is 1. The molecule has 2 N–H and O–H groups in total. The Morgan fingerprint density at radius 2 is 1.55 bits per heavy atom. The zero-order valence-electron chi connectivity index (χ0n) is 34.2. The molecule has 2 unspecified atom stereocenters. The van der Waals surface area contributed by atoms with E-state index in [0.29, 0.717) is 35.3 Å². The highest BCUT2D eigenvalue weighted by molar-refractivity contribution is 5.97. The minimum absolute atomic E-state index is 0.0561. The number of hydrogen-bond donors (Lipinski definition) is 2. The van der Waals surface area contributed by atoms with Crippen LogP contribution in [0.2, 0.25) is 0 Å². The zero-order chi connectivity index (χ0) is 40.5. The van der Waals surface area contributed by atoms with Crippen molar-refractivity contribution in [3.63, 3.8) is 0 Å². The lowest BCUT2D eigenvalue weighted by Gasteiger charge is -2.69. The van der Waals surface area contributed by atoms with E-state index in [1.54, 1.807) is 65.0 Å². The minimum atomic E-state index is -1.52. The van der Waals surface area contributed by atoms with Gasteiger partial charge in [0.15, 0.2) is 11.9 Å². The van der Waals surface area contributed by atoms with Crippen molar-refractivity contribution in [3.8, 4) is 0 Å². The number of carbonyl (C=O) groups is 4. The lowest BCUT2D eigenvalue weighted by molar-refractivity contribution is -0.293. The van der Waals surface area contributed by atoms with Gasteiger partial charge in [0.2, 0.25) is 0 Å². The summed E-state index contributed by atoms with van der Waals surface area (Å²) in [5.74, 6) is -3.33. The first kappa shape index (κ1) is 40.6. The number of aliphatic hydroxyl groups is 1. The smallest absolute Gasteiger partial charge is 0.408 e. The maximum atomic E-state index is 15.5. The van der Waals surface area contributed by atoms with E-state index in [1.165, 1.54) is 0 Å². The average Bonchev–Trinajstić information content (AvgIpc) is 3.12. The first-order valence-electron chi connectivity index (χ1n) is 19.7. The Bertz CT molecular complexity index is 1850. The summed E-state index contributed by atoms with van der Waals surface area (Å²) < 4.78 is 24.5. The monoisotopic (exact) mass is 757 g/mol. The van der Waals surface area contributed by atoms with Crippen LogP contribution in [0.1, 0.15) is 111 Å². The van der Waals surface area contributed by atoms with Crippen molar-refractivity contribution in [1.29, 1.82) is 0 Å². The molecule has 10 heteroatoms. The van der Waals surface area contributed by atoms with Crippen molar-refractivity contribution in [2.24, 2.45) is 39.9 Å². The number of amides is 1. The second-order valence-electron chi connectivity index (χ2n) is 18.6. The van der Waals surface area contributed by atoms with Crippen LogP contribution in [0, 0.1) is 39.9 Å². The lowest BCUT2D eigenvalue weighted by Crippen LogP contribution is -2.74. The molecule has 1 saturated heterocycles. The number of Topliss-reactive ketones (excluding diaryl/α,β-unsaturated/α-hetero) is 1. The number of fused-ring (bicyclic) bond motifs is 5. The predicted molar refractivity (Wildman–Crippen MR) is 207 cm³/mol. The van der Waals surface area contributed by atoms with E-state index >= 15 is 4.79 Å². The fraction of sp³-hybridized carbons (Fsp3) is 0.600. The Kier molecular flexibility index (Phi) is 10.5. The number of benzene rings is 2. The van der Waals surface area contributed by atoms with Crippen LogP contribution in [0.25, 0.3) is 0 Å². The molecule has 11 atom stereocenters. The lowest BCUT2D eigenvalue weighted by atomic mass is 9.39. The van der Waals surface area contributed by atoms with Gasteiger partial charge in [-0.25, -0.2) is 9.59 Å². The SMILES string of the molecule is CC1=C2[C@@H](OC(=O)c3ccccc3)C(=O)[C@@]3(C)C(C(C)[C@](O)(C[C@@H]1OC(=O)[C@H](C)[C@@H](NC(=O)OC(C)(C)C)c1ccccc1)C2(C)C)[C@]1(C)CO[C@@H]1C[C@@H]3C. The van der Waals surface area contributed by atoms with Gasteiger partial charge in [-0.1, -0.05) is 90.1 Å². The summed E-state index contributed by atoms with van der Waals surface area (Å²) >= 11 is 0. The first-order valence-corrected chi connectivity index (χ1v) is 19.7. The maximum absolute atomic E-state index is 15.5. The van der Waals surface area contributed by atoms with E-state index in [0.717, 1.165) is 0 Å². The molecule has 1 heterocycles. The molecule has 1 amide bonds. The van der Waals surface area contributed by atoms with Gasteiger partial charge in [-0.15, -0.1) is 0 Å². The van der Waals surface area contributed by atoms with E-state index < -0.39 is 75.6 Å². The molecule has 0 radical (unpaired) electrons. The summed E-state index contributed by atoms with van der Waals surface area (Å²) in [4.78, 5) is 56.9. The second kappa shape index (κ2) is 14.2. The number of ketones is 1. The van der Waals surface area contributed by atoms with Gasteiger partial charge in [0, 0.05) is 22.7 Å². The molecule has 0 spiro atoms. The van der Waals surface area contributed by atoms with Gasteiger partial charge in [0.05, 0.1) is 35.8 Å². The van der Waals surface area contributed by atoms with Gasteiger partial charge in [-0.2, -0.15) is 0 Å². The van der Waals surface area contributed by atoms with Crippen LogP contribution in [0.4, 0.5) is 4.79 Å². The first-order chi connectivity index (χ1) is 25.6. The van der Waals surface area contributed by atoms with E-state index in [2.05, 4.69) is 19.2 Å². The molecule has 1 aliphatic heterocycles. The fourth-order valence-electron chi connectivity index (χ4n) is 10.7. The molecular weight excluding hydrogens is 698 g/mol. The summed E-state index contributed by atoms with van der Waals surface area (Å²) in [5.41, 5.74) is -2.80. The number of ether oxygens (including phenoxy) is 4. The molecule has 55 heavy (non-hydrogen) atoms. The number of esters is 2. The minimum Gasteiger partial charge on any atom is -0.457 e. The molecule has 2 aromatic carbocycles. The Morgan fingerprint density at radius 3 is 2.11 bits per heavy atom. The Balaban J connectivity index is 1.45. The number of rotatable bonds is 7. The second-order valence-corrected chi connectivity index (χ2v) is 18.6. The quantitative estimate of drug-likeness (QED) is 0.165. The third-order valence-electron chi connectivity index (χ3n) is 13.9. The van der Waals surface area contributed by atoms with Crippen LogP contribution < -0.4 is 5.32 Å². The van der Waals surface area contributed by atoms with Crippen LogP contribution in [0.15, 0.2) is 71.8 Å². The number of nitrogens with one attached hydrogen (secondary N) is 1. The highest BCUT2D eigenvalue weighted by Crippen LogP contribution is 2.68. The van der Waals surface area contributed by atoms with Gasteiger partial charge < -0.3 is 29.4 Å². The van der Waals surface area contributed by atoms with Gasteiger partial charge in [-0.3, -0.25) is 9.59 Å². The molecule has 6 rings (SSSR count). The van der Waals surface area contributed by atoms with Crippen LogP contribution in [0.3, 0.4) is 0 Å². The van der Waals surface area contributed by atoms with Crippen LogP contribution in [-0.2, 0) is 28.5 Å². The Labute approximate surface area is 325 Å². The van der Waals surface area contributed by atoms with Gasteiger partial charge in [0.1, 0.15) is 11.7 Å². The number of carbonyl (C=O) groups excluding carboxylic acids is 4. The van der Waals surface area contributed by atoms with Crippen LogP contribution in [-0.4, -0.2) is 65.0 Å². The van der Waals surface area contributed by atoms with Gasteiger partial charge in [0.25, 0.3) is 0 Å². The molecule has 298 valence electrons. The van der Waals surface area contributed by atoms with Crippen molar-refractivity contribution in [2.75, 3.05) is 6.61 Å². The van der Waals surface area contributed by atoms with E-state index in [9.17, 15) is 19.5 Å². The highest BCUT2D eigenvalue weighted by Gasteiger charge is 2.72. The third kappa shape index (κ3) is 6.71. The van der Waals surface area contributed by atoms with E-state index in [1.807, 2.05) is 58.0 Å². The number of hydrogen-bond acceptors (Lipinski definition) is 9. The largest absolute Gasteiger partial charge is 0.457 e. The molecular formula is C45H59NO9. The summed E-state index contributed by atoms with van der Waals surface area (Å²) in [6.45, 7) is 21.2. The molecule has 2 saturated carbocycles. The van der Waals surface area contributed by atoms with E-state index in [4.69, 9.17) is 18.9 Å². The highest BCUT2D eigenvalue weighted by atomic mass is 16.6. The fourth-order valence-corrected chi connectivity index (χ4v) is 10.7. The molecule has 3 fully saturated rings. The van der Waals surface area contributed by atoms with Crippen LogP contribution >= 0.6 is 0 Å². The zero-order valence-corrected chi connectivity index (χ0v) is 34.2. The van der Waals surface area contributed by atoms with Crippen molar-refractivity contribution >= 4 is 23.8 Å². The summed E-state index contributed by atoms with van der Waals surface area (Å²) in [6.07, 6.45) is -2.38. The molecule has 2 bridgehead atoms. The Hall–Kier alpha value is -4.02. The third-order valence-corrected chi connectivity index (χ3v) is 13.9. The van der Waals surface area contributed by atoms with Gasteiger partial charge in [-0.05, 0) is 87.6 Å². The van der Waals surface area contributed by atoms with Crippen molar-refractivity contribution in [1.82, 2.24) is 5.32 Å². The Morgan fingerprint density at radius 1 is 0.945 bits per heavy atom. The van der Waals surface area contributed by atoms with Crippen molar-refractivity contribution in [3.05, 3.63) is 82.9 Å². The molecule has 2 aromatic rings. The van der Waals surface area contributed by atoms with Gasteiger partial charge >= 0.3 is 18.0 Å². The molecule has 10 nitrogen and oxygen atoms in total. The van der Waals surface area contributed by atoms with Crippen LogP contribution in [0.5, 0.6) is 0 Å². The van der Waals surface area contributed by atoms with Crippen molar-refractivity contribution in [2.45, 2.75) is 125 Å². The summed E-state index contributed by atoms with van der Waals surface area (Å²) in [7, 11) is 0. The summed E-state index contributed by atoms with van der Waals surface area (Å²) in [6, 6.07) is 16.9. The summed E-state index contributed by atoms with van der Waals surface area (Å²) in [5, 5.41) is 16.3. The average molecular weight is 758 g/mol. The maximum Gasteiger partial charge on any atom is 0.408 e. The topological polar surface area (TPSA) is 137 Å². The van der Waals surface area contributed by atoms with Crippen molar-refractivity contribution < 1.29 is 43.2 Å². The molecule has 4 aliphatic rings. The van der Waals surface area contributed by atoms with E-state index in [-0.39, 0.29) is 30.1 Å². The normalized spacial score (nSPS) is 35.0. The standard InChI is InChI=1S/C45H59NO9/c1-25-22-32-43(10,24-52-32)36-28(4)45(51)23-31(53-38(48)27(3)34(29-18-14-12-15-19-29)46-40(50)55-41(5,6)7)26(2)33(42(45,8)9)35(37(47)44(25,36)11)54-39(49)30-20-16-13-17-21-30/h12-21,25,27-28,31-32,34-36,51H,22-24H2,1-11H3,(H,46,50)/t25-,27+,28?,31-,32+,34+,35+,36?,43+,44+,45+/m0/s1. The molecule has 0 aromatic heterocycles.